The summed E-state index contributed by atoms with van der Waals surface area (Å²) in [5.41, 5.74) is 1.54. The van der Waals surface area contributed by atoms with Crippen LogP contribution in [0.5, 0.6) is 0 Å². The minimum atomic E-state index is -0.373. The Balaban J connectivity index is 1.52. The maximum absolute atomic E-state index is 14.3. The summed E-state index contributed by atoms with van der Waals surface area (Å²) in [6.07, 6.45) is 3.46. The number of benzene rings is 1. The molecule has 1 saturated heterocycles. The second kappa shape index (κ2) is 10.3. The molecule has 0 amide bonds. The third-order valence-corrected chi connectivity index (χ3v) is 7.16. The molecule has 1 aromatic carbocycles. The van der Waals surface area contributed by atoms with Gasteiger partial charge in [0.25, 0.3) is 0 Å². The van der Waals surface area contributed by atoms with Crippen LogP contribution in [0.25, 0.3) is 11.0 Å². The average molecular weight is 525 g/mol. The molecule has 1 N–H and O–H groups in total. The second-order valence-corrected chi connectivity index (χ2v) is 9.17. The molecule has 3 aromatic rings. The number of anilines is 2. The van der Waals surface area contributed by atoms with Gasteiger partial charge in [0.15, 0.2) is 5.65 Å². The summed E-state index contributed by atoms with van der Waals surface area (Å²) in [6, 6.07) is 5.46. The summed E-state index contributed by atoms with van der Waals surface area (Å²) in [5.74, 6) is 0.518. The third-order valence-electron chi connectivity index (χ3n) is 6.28. The Kier molecular flexibility index (Phi) is 7.48. The van der Waals surface area contributed by atoms with Crippen LogP contribution in [0.1, 0.15) is 26.7 Å². The fourth-order valence-electron chi connectivity index (χ4n) is 4.41. The van der Waals surface area contributed by atoms with Gasteiger partial charge in [-0.25, -0.2) is 14.4 Å². The number of nitrogens with one attached hydrogen (secondary N) is 1. The lowest BCUT2D eigenvalue weighted by molar-refractivity contribution is 0.302. The SMILES string of the molecule is CCN(CC)CCN(c1ccc(Cl)c(F)c1)C1CCN(c2ncnc3n[nH]c(Br)c23)CC1. The van der Waals surface area contributed by atoms with Gasteiger partial charge >= 0.3 is 0 Å². The minimum absolute atomic E-state index is 0.158. The molecule has 0 unspecified atom stereocenters. The maximum atomic E-state index is 14.3. The van der Waals surface area contributed by atoms with Gasteiger partial charge in [0, 0.05) is 37.9 Å². The van der Waals surface area contributed by atoms with E-state index in [9.17, 15) is 4.39 Å². The van der Waals surface area contributed by atoms with E-state index in [4.69, 9.17) is 11.6 Å². The molecule has 0 aliphatic carbocycles. The van der Waals surface area contributed by atoms with Crippen LogP contribution in [-0.4, -0.2) is 70.4 Å². The first-order valence-electron chi connectivity index (χ1n) is 11.0. The van der Waals surface area contributed by atoms with Gasteiger partial charge in [0.05, 0.1) is 10.4 Å². The van der Waals surface area contributed by atoms with E-state index in [1.54, 1.807) is 18.5 Å². The highest BCUT2D eigenvalue weighted by Gasteiger charge is 2.28. The van der Waals surface area contributed by atoms with Crippen LogP contribution in [0.15, 0.2) is 29.1 Å². The Morgan fingerprint density at radius 3 is 2.62 bits per heavy atom. The standard InChI is InChI=1S/C22H28BrClFN7/c1-3-30(4-2)11-12-32(16-5-6-17(24)18(25)13-16)15-7-9-31(10-8-15)22-19-20(23)28-29-21(19)26-14-27-22/h5-6,13-15H,3-4,7-12H2,1-2H3,(H,26,27,28,29). The zero-order valence-corrected chi connectivity index (χ0v) is 20.7. The van der Waals surface area contributed by atoms with Crippen molar-refractivity contribution in [2.75, 3.05) is 49.1 Å². The van der Waals surface area contributed by atoms with Crippen LogP contribution in [0.2, 0.25) is 5.02 Å². The number of halogens is 3. The molecule has 0 bridgehead atoms. The summed E-state index contributed by atoms with van der Waals surface area (Å²) in [7, 11) is 0. The van der Waals surface area contributed by atoms with Crippen molar-refractivity contribution in [3.63, 3.8) is 0 Å². The van der Waals surface area contributed by atoms with Crippen molar-refractivity contribution in [2.24, 2.45) is 0 Å². The van der Waals surface area contributed by atoms with E-state index in [2.05, 4.69) is 64.6 Å². The largest absolute Gasteiger partial charge is 0.367 e. The molecule has 4 rings (SSSR count). The van der Waals surface area contributed by atoms with E-state index in [-0.39, 0.29) is 10.8 Å². The van der Waals surface area contributed by atoms with E-state index in [1.807, 2.05) is 6.07 Å². The molecule has 32 heavy (non-hydrogen) atoms. The van der Waals surface area contributed by atoms with E-state index in [1.165, 1.54) is 0 Å². The van der Waals surface area contributed by atoms with Crippen molar-refractivity contribution < 1.29 is 4.39 Å². The molecular weight excluding hydrogens is 497 g/mol. The zero-order chi connectivity index (χ0) is 22.7. The fourth-order valence-corrected chi connectivity index (χ4v) is 4.97. The molecule has 1 aliphatic rings. The summed E-state index contributed by atoms with van der Waals surface area (Å²) in [6.45, 7) is 9.83. The first-order valence-corrected chi connectivity index (χ1v) is 12.2. The first-order chi connectivity index (χ1) is 15.5. The van der Waals surface area contributed by atoms with Crippen LogP contribution in [0.3, 0.4) is 0 Å². The predicted octanol–water partition coefficient (Wildman–Crippen LogP) is 4.73. The van der Waals surface area contributed by atoms with Crippen molar-refractivity contribution >= 4 is 50.1 Å². The Labute approximate surface area is 201 Å². The molecule has 10 heteroatoms. The predicted molar refractivity (Wildman–Crippen MR) is 131 cm³/mol. The van der Waals surface area contributed by atoms with Crippen molar-refractivity contribution in [1.29, 1.82) is 0 Å². The van der Waals surface area contributed by atoms with Crippen LogP contribution in [-0.2, 0) is 0 Å². The number of fused-ring (bicyclic) bond motifs is 1. The number of aromatic amines is 1. The number of H-pyrrole nitrogens is 1. The normalized spacial score (nSPS) is 15.1. The lowest BCUT2D eigenvalue weighted by Crippen LogP contribution is -2.48. The number of aromatic nitrogens is 4. The lowest BCUT2D eigenvalue weighted by atomic mass is 10.0. The van der Waals surface area contributed by atoms with Crippen molar-refractivity contribution in [3.8, 4) is 0 Å². The van der Waals surface area contributed by atoms with Crippen LogP contribution in [0.4, 0.5) is 15.9 Å². The number of piperidine rings is 1. The minimum Gasteiger partial charge on any atom is -0.367 e. The molecule has 7 nitrogen and oxygen atoms in total. The monoisotopic (exact) mass is 523 g/mol. The van der Waals surface area contributed by atoms with E-state index >= 15 is 0 Å². The number of rotatable bonds is 8. The number of nitrogens with zero attached hydrogens (tertiary/aromatic N) is 6. The number of hydrogen-bond acceptors (Lipinski definition) is 6. The average Bonchev–Trinajstić information content (AvgIpc) is 3.20. The van der Waals surface area contributed by atoms with Crippen LogP contribution in [0, 0.1) is 5.82 Å². The summed E-state index contributed by atoms with van der Waals surface area (Å²) in [4.78, 5) is 15.8. The quantitative estimate of drug-likeness (QED) is 0.460. The molecule has 3 heterocycles. The van der Waals surface area contributed by atoms with Gasteiger partial charge in [-0.15, -0.1) is 0 Å². The fraction of sp³-hybridized carbons (Fsp3) is 0.500. The van der Waals surface area contributed by atoms with Crippen molar-refractivity contribution in [1.82, 2.24) is 25.1 Å². The van der Waals surface area contributed by atoms with Crippen LogP contribution < -0.4 is 9.80 Å². The van der Waals surface area contributed by atoms with Gasteiger partial charge < -0.3 is 14.7 Å². The number of likely N-dealkylation sites (N-methyl/N-ethyl adjacent to an activating group) is 1. The molecule has 0 saturated carbocycles. The molecule has 2 aromatic heterocycles. The Bertz CT molecular complexity index is 1050. The first kappa shape index (κ1) is 23.2. The molecule has 0 radical (unpaired) electrons. The van der Waals surface area contributed by atoms with Crippen LogP contribution >= 0.6 is 27.5 Å². The highest BCUT2D eigenvalue weighted by molar-refractivity contribution is 9.10. The number of hydrogen-bond donors (Lipinski definition) is 1. The maximum Gasteiger partial charge on any atom is 0.187 e. The van der Waals surface area contributed by atoms with Gasteiger partial charge in [-0.1, -0.05) is 25.4 Å². The zero-order valence-electron chi connectivity index (χ0n) is 18.4. The van der Waals surface area contributed by atoms with Crippen molar-refractivity contribution in [2.45, 2.75) is 32.7 Å². The van der Waals surface area contributed by atoms with Crippen molar-refractivity contribution in [3.05, 3.63) is 40.0 Å². The van der Waals surface area contributed by atoms with Gasteiger partial charge in [0.2, 0.25) is 0 Å². The lowest BCUT2D eigenvalue weighted by Gasteiger charge is -2.41. The molecule has 1 aliphatic heterocycles. The topological polar surface area (TPSA) is 64.2 Å². The van der Waals surface area contributed by atoms with Gasteiger partial charge in [-0.05, 0) is 60.1 Å². The Morgan fingerprint density at radius 1 is 1.19 bits per heavy atom. The van der Waals surface area contributed by atoms with Gasteiger partial charge in [-0.2, -0.15) is 5.10 Å². The molecule has 0 spiro atoms. The molecule has 0 atom stereocenters. The molecular formula is C22H28BrClFN7. The smallest absolute Gasteiger partial charge is 0.187 e. The Hall–Kier alpha value is -1.97. The third kappa shape index (κ3) is 4.84. The van der Waals surface area contributed by atoms with Gasteiger partial charge in [-0.3, -0.25) is 5.10 Å². The van der Waals surface area contributed by atoms with E-state index < -0.39 is 0 Å². The summed E-state index contributed by atoms with van der Waals surface area (Å²) < 4.78 is 15.1. The van der Waals surface area contributed by atoms with Gasteiger partial charge in [0.1, 0.15) is 22.6 Å². The summed E-state index contributed by atoms with van der Waals surface area (Å²) >= 11 is 9.48. The molecule has 172 valence electrons. The van der Waals surface area contributed by atoms with E-state index in [0.717, 1.165) is 73.6 Å². The Morgan fingerprint density at radius 2 is 1.94 bits per heavy atom. The van der Waals surface area contributed by atoms with E-state index in [0.29, 0.717) is 11.7 Å². The highest BCUT2D eigenvalue weighted by atomic mass is 79.9. The highest BCUT2D eigenvalue weighted by Crippen LogP contribution is 2.32. The molecule has 1 fully saturated rings. The summed E-state index contributed by atoms with van der Waals surface area (Å²) in [5, 5.41) is 8.22. The second-order valence-electron chi connectivity index (χ2n) is 7.97.